The van der Waals surface area contributed by atoms with Crippen LogP contribution in [0.15, 0.2) is 41.3 Å². The molecule has 9 heteroatoms. The van der Waals surface area contributed by atoms with Crippen molar-refractivity contribution in [2.45, 2.75) is 23.8 Å². The Morgan fingerprint density at radius 3 is 2.46 bits per heavy atom. The van der Waals surface area contributed by atoms with Crippen molar-refractivity contribution in [1.82, 2.24) is 4.72 Å². The second-order valence-electron chi connectivity index (χ2n) is 5.84. The molecule has 138 valence electrons. The quantitative estimate of drug-likeness (QED) is 0.754. The number of rotatable bonds is 6. The standard InChI is InChI=1S/C17H16Cl2N2O4S/c1-25-15-7-2-10(8-16(15)26(23,24)21-11-3-4-11)17(22)20-12-5-6-13(18)14(19)9-12/h2,5-9,11,21H,3-4H2,1H3,(H,20,22). The molecule has 2 aromatic rings. The molecular weight excluding hydrogens is 399 g/mol. The van der Waals surface area contributed by atoms with E-state index >= 15 is 0 Å². The number of carbonyl (C=O) groups excluding carboxylic acids is 1. The molecular formula is C17H16Cl2N2O4S. The zero-order chi connectivity index (χ0) is 18.9. The largest absolute Gasteiger partial charge is 0.495 e. The van der Waals surface area contributed by atoms with E-state index in [1.165, 1.54) is 31.4 Å². The Morgan fingerprint density at radius 2 is 1.85 bits per heavy atom. The van der Waals surface area contributed by atoms with Crippen LogP contribution < -0.4 is 14.8 Å². The van der Waals surface area contributed by atoms with Crippen LogP contribution in [-0.2, 0) is 10.0 Å². The molecule has 1 amide bonds. The first kappa shape index (κ1) is 19.0. The van der Waals surface area contributed by atoms with Gasteiger partial charge in [-0.05, 0) is 49.2 Å². The Morgan fingerprint density at radius 1 is 1.12 bits per heavy atom. The van der Waals surface area contributed by atoms with Crippen LogP contribution in [0.3, 0.4) is 0 Å². The molecule has 0 heterocycles. The molecule has 1 aliphatic rings. The fourth-order valence-electron chi connectivity index (χ4n) is 2.29. The summed E-state index contributed by atoms with van der Waals surface area (Å²) in [6.07, 6.45) is 1.61. The molecule has 0 unspecified atom stereocenters. The molecule has 2 aromatic carbocycles. The Kier molecular flexibility index (Phi) is 5.43. The third-order valence-electron chi connectivity index (χ3n) is 3.79. The van der Waals surface area contributed by atoms with Gasteiger partial charge in [-0.2, -0.15) is 0 Å². The summed E-state index contributed by atoms with van der Waals surface area (Å²) < 4.78 is 32.8. The van der Waals surface area contributed by atoms with E-state index in [-0.39, 0.29) is 22.3 Å². The Labute approximate surface area is 161 Å². The van der Waals surface area contributed by atoms with Crippen molar-refractivity contribution < 1.29 is 17.9 Å². The fraction of sp³-hybridized carbons (Fsp3) is 0.235. The summed E-state index contributed by atoms with van der Waals surface area (Å²) in [7, 11) is -2.40. The Bertz CT molecular complexity index is 959. The average Bonchev–Trinajstić information content (AvgIpc) is 3.40. The van der Waals surface area contributed by atoms with E-state index in [2.05, 4.69) is 10.0 Å². The lowest BCUT2D eigenvalue weighted by molar-refractivity contribution is 0.102. The summed E-state index contributed by atoms with van der Waals surface area (Å²) in [5, 5.41) is 3.33. The third kappa shape index (κ3) is 4.29. The molecule has 0 spiro atoms. The number of sulfonamides is 1. The van der Waals surface area contributed by atoms with Crippen molar-refractivity contribution in [1.29, 1.82) is 0 Å². The predicted octanol–water partition coefficient (Wildman–Crippen LogP) is 3.70. The predicted molar refractivity (Wildman–Crippen MR) is 101 cm³/mol. The molecule has 1 aliphatic carbocycles. The second kappa shape index (κ2) is 7.44. The van der Waals surface area contributed by atoms with Gasteiger partial charge in [0.05, 0.1) is 17.2 Å². The molecule has 3 rings (SSSR count). The first-order valence-corrected chi connectivity index (χ1v) is 10.0. The SMILES string of the molecule is COc1ccc(C(=O)Nc2ccc(Cl)c(Cl)c2)cc1S(=O)(=O)NC1CC1. The van der Waals surface area contributed by atoms with Crippen LogP contribution in [0, 0.1) is 0 Å². The number of hydrogen-bond acceptors (Lipinski definition) is 4. The van der Waals surface area contributed by atoms with E-state index in [0.29, 0.717) is 15.7 Å². The van der Waals surface area contributed by atoms with Gasteiger partial charge in [-0.25, -0.2) is 13.1 Å². The van der Waals surface area contributed by atoms with Gasteiger partial charge in [-0.1, -0.05) is 23.2 Å². The summed E-state index contributed by atoms with van der Waals surface area (Å²) in [5.41, 5.74) is 0.619. The number of ether oxygens (including phenoxy) is 1. The first-order valence-electron chi connectivity index (χ1n) is 7.77. The molecule has 2 N–H and O–H groups in total. The molecule has 1 fully saturated rings. The van der Waals surface area contributed by atoms with Crippen molar-refractivity contribution in [3.8, 4) is 5.75 Å². The number of anilines is 1. The van der Waals surface area contributed by atoms with E-state index < -0.39 is 15.9 Å². The van der Waals surface area contributed by atoms with Crippen LogP contribution in [-0.4, -0.2) is 27.5 Å². The van der Waals surface area contributed by atoms with Gasteiger partial charge in [0.15, 0.2) is 0 Å². The number of hydrogen-bond donors (Lipinski definition) is 2. The van der Waals surface area contributed by atoms with Gasteiger partial charge in [0, 0.05) is 17.3 Å². The second-order valence-corrected chi connectivity index (χ2v) is 8.34. The highest BCUT2D eigenvalue weighted by Gasteiger charge is 2.30. The monoisotopic (exact) mass is 414 g/mol. The summed E-state index contributed by atoms with van der Waals surface area (Å²) in [6.45, 7) is 0. The molecule has 1 saturated carbocycles. The van der Waals surface area contributed by atoms with Gasteiger partial charge in [0.2, 0.25) is 10.0 Å². The highest BCUT2D eigenvalue weighted by molar-refractivity contribution is 7.89. The van der Waals surface area contributed by atoms with Gasteiger partial charge in [-0.15, -0.1) is 0 Å². The van der Waals surface area contributed by atoms with Crippen molar-refractivity contribution in [3.63, 3.8) is 0 Å². The van der Waals surface area contributed by atoms with E-state index in [9.17, 15) is 13.2 Å². The van der Waals surface area contributed by atoms with Gasteiger partial charge in [-0.3, -0.25) is 4.79 Å². The van der Waals surface area contributed by atoms with Gasteiger partial charge < -0.3 is 10.1 Å². The minimum atomic E-state index is -3.77. The topological polar surface area (TPSA) is 84.5 Å². The zero-order valence-corrected chi connectivity index (χ0v) is 16.1. The van der Waals surface area contributed by atoms with E-state index in [1.54, 1.807) is 12.1 Å². The molecule has 0 bridgehead atoms. The highest BCUT2D eigenvalue weighted by atomic mass is 35.5. The number of carbonyl (C=O) groups is 1. The maximum Gasteiger partial charge on any atom is 0.255 e. The average molecular weight is 415 g/mol. The fourth-order valence-corrected chi connectivity index (χ4v) is 4.09. The molecule has 0 aromatic heterocycles. The molecule has 0 radical (unpaired) electrons. The van der Waals surface area contributed by atoms with Crippen molar-refractivity contribution >= 4 is 44.8 Å². The number of methoxy groups -OCH3 is 1. The molecule has 0 aliphatic heterocycles. The van der Waals surface area contributed by atoms with Gasteiger partial charge in [0.25, 0.3) is 5.91 Å². The number of nitrogens with one attached hydrogen (secondary N) is 2. The maximum absolute atomic E-state index is 12.5. The van der Waals surface area contributed by atoms with E-state index in [1.807, 2.05) is 0 Å². The third-order valence-corrected chi connectivity index (χ3v) is 6.07. The van der Waals surface area contributed by atoms with Crippen LogP contribution >= 0.6 is 23.2 Å². The number of amides is 1. The summed E-state index contributed by atoms with van der Waals surface area (Å²) in [6, 6.07) is 8.84. The Balaban J connectivity index is 1.88. The Hall–Kier alpha value is -1.80. The van der Waals surface area contributed by atoms with Crippen molar-refractivity contribution in [3.05, 3.63) is 52.0 Å². The molecule has 6 nitrogen and oxygen atoms in total. The maximum atomic E-state index is 12.5. The lowest BCUT2D eigenvalue weighted by Gasteiger charge is -2.12. The van der Waals surface area contributed by atoms with Crippen molar-refractivity contribution in [2.75, 3.05) is 12.4 Å². The van der Waals surface area contributed by atoms with E-state index in [4.69, 9.17) is 27.9 Å². The highest BCUT2D eigenvalue weighted by Crippen LogP contribution is 2.29. The first-order chi connectivity index (χ1) is 12.3. The smallest absolute Gasteiger partial charge is 0.255 e. The normalized spacial score (nSPS) is 14.1. The minimum Gasteiger partial charge on any atom is -0.495 e. The van der Waals surface area contributed by atoms with Crippen LogP contribution in [0.1, 0.15) is 23.2 Å². The van der Waals surface area contributed by atoms with Crippen molar-refractivity contribution in [2.24, 2.45) is 0 Å². The minimum absolute atomic E-state index is 0.0570. The molecule has 0 saturated heterocycles. The summed E-state index contributed by atoms with van der Waals surface area (Å²) in [4.78, 5) is 12.4. The van der Waals surface area contributed by atoms with Crippen LogP contribution in [0.2, 0.25) is 10.0 Å². The number of benzene rings is 2. The zero-order valence-electron chi connectivity index (χ0n) is 13.8. The number of halogens is 2. The summed E-state index contributed by atoms with van der Waals surface area (Å²) in [5.74, 6) is -0.307. The lowest BCUT2D eigenvalue weighted by atomic mass is 10.2. The molecule has 0 atom stereocenters. The lowest BCUT2D eigenvalue weighted by Crippen LogP contribution is -2.26. The van der Waals surface area contributed by atoms with Gasteiger partial charge >= 0.3 is 0 Å². The van der Waals surface area contributed by atoms with Crippen LogP contribution in [0.5, 0.6) is 5.75 Å². The summed E-state index contributed by atoms with van der Waals surface area (Å²) >= 11 is 11.8. The van der Waals surface area contributed by atoms with E-state index in [0.717, 1.165) is 12.8 Å². The molecule has 26 heavy (non-hydrogen) atoms. The van der Waals surface area contributed by atoms with Crippen LogP contribution in [0.25, 0.3) is 0 Å². The van der Waals surface area contributed by atoms with Gasteiger partial charge in [0.1, 0.15) is 10.6 Å². The van der Waals surface area contributed by atoms with Crippen LogP contribution in [0.4, 0.5) is 5.69 Å².